The van der Waals surface area contributed by atoms with E-state index in [0.717, 1.165) is 28.3 Å². The minimum atomic E-state index is -0.0752. The van der Waals surface area contributed by atoms with E-state index < -0.39 is 0 Å². The van der Waals surface area contributed by atoms with E-state index in [0.29, 0.717) is 6.54 Å². The Kier molecular flexibility index (Phi) is 5.26. The molecule has 0 saturated carbocycles. The molecule has 0 fully saturated rings. The van der Waals surface area contributed by atoms with Crippen LogP contribution < -0.4 is 10.6 Å². The second-order valence-electron chi connectivity index (χ2n) is 5.96. The maximum Gasteiger partial charge on any atom is 0.221 e. The first-order valence-corrected chi connectivity index (χ1v) is 8.24. The van der Waals surface area contributed by atoms with Crippen molar-refractivity contribution in [3.05, 3.63) is 71.9 Å². The van der Waals surface area contributed by atoms with Gasteiger partial charge in [-0.15, -0.1) is 0 Å². The average molecular weight is 335 g/mol. The molecule has 0 saturated heterocycles. The largest absolute Gasteiger partial charge is 0.356 e. The molecule has 3 aromatic rings. The third kappa shape index (κ3) is 4.55. The van der Waals surface area contributed by atoms with Crippen molar-refractivity contribution in [2.75, 3.05) is 5.32 Å². The van der Waals surface area contributed by atoms with Crippen LogP contribution in [0.2, 0.25) is 0 Å². The quantitative estimate of drug-likeness (QED) is 0.710. The van der Waals surface area contributed by atoms with Gasteiger partial charge in [-0.1, -0.05) is 47.6 Å². The van der Waals surface area contributed by atoms with Crippen LogP contribution in [0.15, 0.2) is 65.2 Å². The summed E-state index contributed by atoms with van der Waals surface area (Å²) in [6.07, 6.45) is 0. The van der Waals surface area contributed by atoms with Crippen LogP contribution in [0, 0.1) is 0 Å². The van der Waals surface area contributed by atoms with Crippen molar-refractivity contribution in [3.63, 3.8) is 0 Å². The summed E-state index contributed by atoms with van der Waals surface area (Å²) in [5.74, 6) is 0.687. The van der Waals surface area contributed by atoms with Crippen LogP contribution in [0.4, 0.5) is 5.69 Å². The van der Waals surface area contributed by atoms with E-state index in [1.54, 1.807) is 0 Å². The number of nitrogens with one attached hydrogen (secondary N) is 2. The van der Waals surface area contributed by atoms with Gasteiger partial charge in [-0.25, -0.2) is 0 Å². The summed E-state index contributed by atoms with van der Waals surface area (Å²) in [4.78, 5) is 11.2. The van der Waals surface area contributed by atoms with E-state index in [9.17, 15) is 4.79 Å². The Morgan fingerprint density at radius 1 is 1.12 bits per heavy atom. The fraction of sp³-hybridized carbons (Fsp3) is 0.200. The third-order valence-corrected chi connectivity index (χ3v) is 3.91. The Bertz CT molecular complexity index is 843. The second-order valence-corrected chi connectivity index (χ2v) is 5.96. The van der Waals surface area contributed by atoms with Gasteiger partial charge in [0.2, 0.25) is 5.91 Å². The summed E-state index contributed by atoms with van der Waals surface area (Å²) in [5.41, 5.74) is 3.76. The minimum absolute atomic E-state index is 0.0752. The summed E-state index contributed by atoms with van der Waals surface area (Å²) in [6.45, 7) is 4.18. The molecule has 25 heavy (non-hydrogen) atoms. The molecule has 2 aromatic carbocycles. The Morgan fingerprint density at radius 2 is 1.92 bits per heavy atom. The standard InChI is InChI=1S/C20H21N3O2/c1-14(17-9-6-10-18(11-17)22-15(2)24)21-13-19-12-20(25-23-19)16-7-4-3-5-8-16/h3-12,14,21H,13H2,1-2H3,(H,22,24)/t14-/m0/s1. The summed E-state index contributed by atoms with van der Waals surface area (Å²) < 4.78 is 5.41. The summed E-state index contributed by atoms with van der Waals surface area (Å²) in [6, 6.07) is 19.8. The monoisotopic (exact) mass is 335 g/mol. The number of hydrogen-bond donors (Lipinski definition) is 2. The Hall–Kier alpha value is -2.92. The lowest BCUT2D eigenvalue weighted by molar-refractivity contribution is -0.114. The van der Waals surface area contributed by atoms with Crippen molar-refractivity contribution >= 4 is 11.6 Å². The smallest absolute Gasteiger partial charge is 0.221 e. The molecule has 0 aliphatic heterocycles. The number of benzene rings is 2. The average Bonchev–Trinajstić information content (AvgIpc) is 3.09. The molecular formula is C20H21N3O2. The molecule has 0 aliphatic carbocycles. The first-order valence-electron chi connectivity index (χ1n) is 8.24. The Labute approximate surface area is 147 Å². The highest BCUT2D eigenvalue weighted by Gasteiger charge is 2.10. The van der Waals surface area contributed by atoms with Gasteiger partial charge in [0, 0.05) is 36.8 Å². The number of hydrogen-bond acceptors (Lipinski definition) is 4. The van der Waals surface area contributed by atoms with Gasteiger partial charge in [-0.3, -0.25) is 4.79 Å². The molecule has 3 rings (SSSR count). The van der Waals surface area contributed by atoms with Crippen molar-refractivity contribution in [2.24, 2.45) is 0 Å². The number of rotatable bonds is 6. The zero-order valence-corrected chi connectivity index (χ0v) is 14.3. The van der Waals surface area contributed by atoms with Crippen LogP contribution in [0.25, 0.3) is 11.3 Å². The molecule has 5 heteroatoms. The lowest BCUT2D eigenvalue weighted by atomic mass is 10.1. The highest BCUT2D eigenvalue weighted by Crippen LogP contribution is 2.21. The summed E-state index contributed by atoms with van der Waals surface area (Å²) in [7, 11) is 0. The van der Waals surface area contributed by atoms with Crippen LogP contribution in [0.3, 0.4) is 0 Å². The Morgan fingerprint density at radius 3 is 2.68 bits per heavy atom. The van der Waals surface area contributed by atoms with E-state index in [1.807, 2.05) is 60.7 Å². The van der Waals surface area contributed by atoms with Crippen LogP contribution in [-0.2, 0) is 11.3 Å². The first-order chi connectivity index (χ1) is 12.1. The van der Waals surface area contributed by atoms with Crippen LogP contribution in [-0.4, -0.2) is 11.1 Å². The summed E-state index contributed by atoms with van der Waals surface area (Å²) in [5, 5.41) is 10.3. The van der Waals surface area contributed by atoms with Crippen LogP contribution >= 0.6 is 0 Å². The van der Waals surface area contributed by atoms with E-state index in [2.05, 4.69) is 22.7 Å². The molecular weight excluding hydrogens is 314 g/mol. The van der Waals surface area contributed by atoms with Gasteiger partial charge < -0.3 is 15.2 Å². The SMILES string of the molecule is CC(=O)Nc1cccc([C@H](C)NCc2cc(-c3ccccc3)on2)c1. The first kappa shape index (κ1) is 16.9. The molecule has 2 N–H and O–H groups in total. The number of aromatic nitrogens is 1. The lowest BCUT2D eigenvalue weighted by Crippen LogP contribution is -2.18. The number of anilines is 1. The molecule has 1 atom stereocenters. The normalized spacial score (nSPS) is 11.9. The molecule has 0 spiro atoms. The summed E-state index contributed by atoms with van der Waals surface area (Å²) >= 11 is 0. The molecule has 0 aliphatic rings. The molecule has 1 heterocycles. The molecule has 1 amide bonds. The number of carbonyl (C=O) groups is 1. The minimum Gasteiger partial charge on any atom is -0.356 e. The zero-order chi connectivity index (χ0) is 17.6. The molecule has 0 radical (unpaired) electrons. The predicted molar refractivity (Wildman–Crippen MR) is 97.9 cm³/mol. The van der Waals surface area contributed by atoms with Crippen molar-refractivity contribution in [1.29, 1.82) is 0 Å². The fourth-order valence-corrected chi connectivity index (χ4v) is 2.60. The van der Waals surface area contributed by atoms with E-state index in [1.165, 1.54) is 6.92 Å². The number of nitrogens with zero attached hydrogens (tertiary/aromatic N) is 1. The van der Waals surface area contributed by atoms with Gasteiger partial charge >= 0.3 is 0 Å². The number of amides is 1. The molecule has 0 bridgehead atoms. The topological polar surface area (TPSA) is 67.2 Å². The fourth-order valence-electron chi connectivity index (χ4n) is 2.60. The third-order valence-electron chi connectivity index (χ3n) is 3.91. The maximum absolute atomic E-state index is 11.2. The van der Waals surface area contributed by atoms with Crippen molar-refractivity contribution in [2.45, 2.75) is 26.4 Å². The molecule has 1 aromatic heterocycles. The van der Waals surface area contributed by atoms with Gasteiger partial charge in [0.05, 0.1) is 5.69 Å². The highest BCUT2D eigenvalue weighted by molar-refractivity contribution is 5.88. The second kappa shape index (κ2) is 7.77. The maximum atomic E-state index is 11.2. The van der Waals surface area contributed by atoms with Gasteiger partial charge in [0.15, 0.2) is 5.76 Å². The van der Waals surface area contributed by atoms with Crippen molar-refractivity contribution in [3.8, 4) is 11.3 Å². The lowest BCUT2D eigenvalue weighted by Gasteiger charge is -2.14. The van der Waals surface area contributed by atoms with Crippen molar-refractivity contribution < 1.29 is 9.32 Å². The van der Waals surface area contributed by atoms with Gasteiger partial charge in [-0.2, -0.15) is 0 Å². The van der Waals surface area contributed by atoms with Crippen LogP contribution in [0.5, 0.6) is 0 Å². The predicted octanol–water partition coefficient (Wildman–Crippen LogP) is 4.15. The van der Waals surface area contributed by atoms with E-state index in [4.69, 9.17) is 4.52 Å². The molecule has 128 valence electrons. The Balaban J connectivity index is 1.62. The van der Waals surface area contributed by atoms with Gasteiger partial charge in [0.25, 0.3) is 0 Å². The van der Waals surface area contributed by atoms with E-state index >= 15 is 0 Å². The van der Waals surface area contributed by atoms with Gasteiger partial charge in [-0.05, 0) is 24.6 Å². The van der Waals surface area contributed by atoms with E-state index in [-0.39, 0.29) is 11.9 Å². The zero-order valence-electron chi connectivity index (χ0n) is 14.3. The van der Waals surface area contributed by atoms with Crippen LogP contribution in [0.1, 0.15) is 31.1 Å². The highest BCUT2D eigenvalue weighted by atomic mass is 16.5. The molecule has 0 unspecified atom stereocenters. The van der Waals surface area contributed by atoms with Gasteiger partial charge in [0.1, 0.15) is 0 Å². The molecule has 5 nitrogen and oxygen atoms in total. The number of carbonyl (C=O) groups excluding carboxylic acids is 1. The van der Waals surface area contributed by atoms with Crippen molar-refractivity contribution in [1.82, 2.24) is 10.5 Å².